The molecule has 0 spiro atoms. The number of hydrogen-bond donors (Lipinski definition) is 2. The number of carbonyl (C=O) groups is 1. The minimum absolute atomic E-state index is 0.0322. The van der Waals surface area contributed by atoms with E-state index >= 15 is 0 Å². The van der Waals surface area contributed by atoms with Crippen LogP contribution < -0.4 is 5.32 Å². The first kappa shape index (κ1) is 17.5. The van der Waals surface area contributed by atoms with E-state index in [1.807, 2.05) is 66.3 Å². The first-order chi connectivity index (χ1) is 13.2. The summed E-state index contributed by atoms with van der Waals surface area (Å²) in [5, 5.41) is 12.8. The average Bonchev–Trinajstić information content (AvgIpc) is 3.47. The molecule has 5 nitrogen and oxygen atoms in total. The van der Waals surface area contributed by atoms with Gasteiger partial charge in [0, 0.05) is 25.0 Å². The number of aromatic nitrogens is 2. The minimum atomic E-state index is -0.0989. The topological polar surface area (TPSA) is 67.2 Å². The van der Waals surface area contributed by atoms with Crippen LogP contribution in [-0.4, -0.2) is 20.6 Å². The maximum atomic E-state index is 12.9. The van der Waals surface area contributed by atoms with Crippen molar-refractivity contribution in [2.75, 3.05) is 0 Å². The quantitative estimate of drug-likeness (QED) is 0.706. The van der Waals surface area contributed by atoms with Gasteiger partial charge in [-0.1, -0.05) is 36.4 Å². The minimum Gasteiger partial charge on any atom is -0.392 e. The molecule has 1 amide bonds. The monoisotopic (exact) mass is 361 g/mol. The summed E-state index contributed by atoms with van der Waals surface area (Å²) in [4.78, 5) is 17.4. The predicted molar refractivity (Wildman–Crippen MR) is 104 cm³/mol. The molecule has 1 fully saturated rings. The fraction of sp³-hybridized carbons (Fsp3) is 0.273. The number of imidazole rings is 1. The van der Waals surface area contributed by atoms with Gasteiger partial charge in [-0.25, -0.2) is 4.98 Å². The van der Waals surface area contributed by atoms with E-state index < -0.39 is 0 Å². The van der Waals surface area contributed by atoms with E-state index in [4.69, 9.17) is 0 Å². The first-order valence-corrected chi connectivity index (χ1v) is 9.24. The molecule has 2 aromatic carbocycles. The lowest BCUT2D eigenvalue weighted by atomic mass is 9.98. The van der Waals surface area contributed by atoms with E-state index in [0.717, 1.165) is 35.4 Å². The number of rotatable bonds is 6. The normalized spacial score (nSPS) is 14.7. The summed E-state index contributed by atoms with van der Waals surface area (Å²) < 4.78 is 1.97. The Labute approximate surface area is 158 Å². The second-order valence-electron chi connectivity index (χ2n) is 7.08. The van der Waals surface area contributed by atoms with Crippen LogP contribution in [0.5, 0.6) is 0 Å². The summed E-state index contributed by atoms with van der Waals surface area (Å²) in [7, 11) is 1.95. The lowest BCUT2D eigenvalue weighted by Gasteiger charge is -2.18. The van der Waals surface area contributed by atoms with Gasteiger partial charge in [-0.2, -0.15) is 0 Å². The van der Waals surface area contributed by atoms with Crippen LogP contribution >= 0.6 is 0 Å². The van der Waals surface area contributed by atoms with Crippen molar-refractivity contribution in [1.82, 2.24) is 14.9 Å². The first-order valence-electron chi connectivity index (χ1n) is 9.24. The molecule has 1 atom stereocenters. The number of benzene rings is 2. The molecule has 0 radical (unpaired) electrons. The van der Waals surface area contributed by atoms with Crippen LogP contribution in [0.3, 0.4) is 0 Å². The Morgan fingerprint density at radius 1 is 1.26 bits per heavy atom. The molecule has 1 heterocycles. The number of carbonyl (C=O) groups excluding carboxylic acids is 1. The average molecular weight is 361 g/mol. The van der Waals surface area contributed by atoms with Gasteiger partial charge in [0.2, 0.25) is 0 Å². The molecular weight excluding hydrogens is 338 g/mol. The van der Waals surface area contributed by atoms with Gasteiger partial charge in [-0.05, 0) is 47.6 Å². The zero-order chi connectivity index (χ0) is 18.8. The Hall–Kier alpha value is -2.92. The van der Waals surface area contributed by atoms with Crippen LogP contribution in [0.4, 0.5) is 0 Å². The standard InChI is InChI=1S/C22H23N3O2/c1-25-12-11-23-21(25)20(15-9-10-15)24-22(27)17-7-4-6-16(13-17)19-8-3-2-5-18(19)14-26/h2-8,11-13,15,20,26H,9-10,14H2,1H3,(H,24,27)/t20-/m0/s1. The number of amides is 1. The molecule has 138 valence electrons. The SMILES string of the molecule is Cn1ccnc1[C@@H](NC(=O)c1cccc(-c2ccccc2CO)c1)C1CC1. The maximum absolute atomic E-state index is 12.9. The number of nitrogens with zero attached hydrogens (tertiary/aromatic N) is 2. The Bertz CT molecular complexity index is 959. The van der Waals surface area contributed by atoms with E-state index in [9.17, 15) is 9.90 Å². The maximum Gasteiger partial charge on any atom is 0.251 e. The Balaban J connectivity index is 1.60. The lowest BCUT2D eigenvalue weighted by molar-refractivity contribution is 0.0929. The molecule has 1 aromatic heterocycles. The van der Waals surface area contributed by atoms with E-state index in [-0.39, 0.29) is 18.6 Å². The molecule has 4 rings (SSSR count). The zero-order valence-corrected chi connectivity index (χ0v) is 15.3. The third-order valence-electron chi connectivity index (χ3n) is 5.14. The summed E-state index contributed by atoms with van der Waals surface area (Å²) >= 11 is 0. The van der Waals surface area contributed by atoms with Gasteiger partial charge in [0.05, 0.1) is 12.6 Å². The molecule has 0 bridgehead atoms. The fourth-order valence-corrected chi connectivity index (χ4v) is 3.49. The van der Waals surface area contributed by atoms with Crippen LogP contribution in [0.1, 0.15) is 40.6 Å². The molecular formula is C22H23N3O2. The van der Waals surface area contributed by atoms with Crippen molar-refractivity contribution < 1.29 is 9.90 Å². The van der Waals surface area contributed by atoms with Crippen LogP contribution in [0.15, 0.2) is 60.9 Å². The van der Waals surface area contributed by atoms with Crippen molar-refractivity contribution in [3.63, 3.8) is 0 Å². The molecule has 1 aliphatic rings. The smallest absolute Gasteiger partial charge is 0.251 e. The highest BCUT2D eigenvalue weighted by molar-refractivity contribution is 5.95. The highest BCUT2D eigenvalue weighted by Crippen LogP contribution is 2.40. The van der Waals surface area contributed by atoms with Gasteiger partial charge in [-0.3, -0.25) is 4.79 Å². The summed E-state index contributed by atoms with van der Waals surface area (Å²) in [6, 6.07) is 15.2. The number of aliphatic hydroxyl groups is 1. The van der Waals surface area contributed by atoms with E-state index in [0.29, 0.717) is 11.5 Å². The summed E-state index contributed by atoms with van der Waals surface area (Å²) in [6.07, 6.45) is 5.90. The lowest BCUT2D eigenvalue weighted by Crippen LogP contribution is -2.31. The molecule has 27 heavy (non-hydrogen) atoms. The number of nitrogens with one attached hydrogen (secondary N) is 1. The molecule has 0 saturated heterocycles. The van der Waals surface area contributed by atoms with Crippen molar-refractivity contribution in [3.8, 4) is 11.1 Å². The van der Waals surface area contributed by atoms with E-state index in [2.05, 4.69) is 10.3 Å². The largest absolute Gasteiger partial charge is 0.392 e. The predicted octanol–water partition coefficient (Wildman–Crippen LogP) is 3.46. The number of aryl methyl sites for hydroxylation is 1. The van der Waals surface area contributed by atoms with Gasteiger partial charge in [-0.15, -0.1) is 0 Å². The van der Waals surface area contributed by atoms with Crippen molar-refractivity contribution in [2.24, 2.45) is 13.0 Å². The van der Waals surface area contributed by atoms with Crippen molar-refractivity contribution in [3.05, 3.63) is 77.9 Å². The van der Waals surface area contributed by atoms with E-state index in [1.165, 1.54) is 0 Å². The Morgan fingerprint density at radius 2 is 2.07 bits per heavy atom. The molecule has 1 saturated carbocycles. The van der Waals surface area contributed by atoms with Crippen molar-refractivity contribution in [1.29, 1.82) is 0 Å². The third-order valence-corrected chi connectivity index (χ3v) is 5.14. The van der Waals surface area contributed by atoms with Crippen molar-refractivity contribution in [2.45, 2.75) is 25.5 Å². The third kappa shape index (κ3) is 3.64. The molecule has 1 aliphatic carbocycles. The van der Waals surface area contributed by atoms with Crippen molar-refractivity contribution >= 4 is 5.91 Å². The Morgan fingerprint density at radius 3 is 2.78 bits per heavy atom. The Kier molecular flexibility index (Phi) is 4.77. The molecule has 5 heteroatoms. The molecule has 2 N–H and O–H groups in total. The molecule has 0 aliphatic heterocycles. The summed E-state index contributed by atoms with van der Waals surface area (Å²) in [5.41, 5.74) is 3.32. The van der Waals surface area contributed by atoms with Gasteiger partial charge in [0.1, 0.15) is 5.82 Å². The summed E-state index contributed by atoms with van der Waals surface area (Å²) in [6.45, 7) is -0.0322. The van der Waals surface area contributed by atoms with Crippen LogP contribution in [0.25, 0.3) is 11.1 Å². The zero-order valence-electron chi connectivity index (χ0n) is 15.3. The van der Waals surface area contributed by atoms with Crippen LogP contribution in [0, 0.1) is 5.92 Å². The fourth-order valence-electron chi connectivity index (χ4n) is 3.49. The second-order valence-corrected chi connectivity index (χ2v) is 7.08. The highest BCUT2D eigenvalue weighted by Gasteiger charge is 2.35. The van der Waals surface area contributed by atoms with Gasteiger partial charge < -0.3 is 15.0 Å². The van der Waals surface area contributed by atoms with Gasteiger partial charge >= 0.3 is 0 Å². The van der Waals surface area contributed by atoms with Crippen LogP contribution in [0.2, 0.25) is 0 Å². The summed E-state index contributed by atoms with van der Waals surface area (Å²) in [5.74, 6) is 1.25. The van der Waals surface area contributed by atoms with E-state index in [1.54, 1.807) is 6.20 Å². The van der Waals surface area contributed by atoms with Gasteiger partial charge in [0.25, 0.3) is 5.91 Å². The molecule has 3 aromatic rings. The second kappa shape index (κ2) is 7.37. The number of aliphatic hydroxyl groups excluding tert-OH is 1. The number of hydrogen-bond acceptors (Lipinski definition) is 3. The highest BCUT2D eigenvalue weighted by atomic mass is 16.3. The molecule has 0 unspecified atom stereocenters. The van der Waals surface area contributed by atoms with Crippen LogP contribution in [-0.2, 0) is 13.7 Å². The van der Waals surface area contributed by atoms with Gasteiger partial charge in [0.15, 0.2) is 0 Å².